The molecule has 1 aliphatic heterocycles. The van der Waals surface area contributed by atoms with Gasteiger partial charge < -0.3 is 15.7 Å². The van der Waals surface area contributed by atoms with Crippen molar-refractivity contribution in [1.29, 1.82) is 0 Å². The first-order valence-electron chi connectivity index (χ1n) is 10.5. The molecule has 5 rings (SSSR count). The molecule has 3 N–H and O–H groups in total. The summed E-state index contributed by atoms with van der Waals surface area (Å²) in [5, 5.41) is 17.5. The number of para-hydroxylation sites is 1. The first-order valence-corrected chi connectivity index (χ1v) is 10.8. The molecule has 0 atom stereocenters. The summed E-state index contributed by atoms with van der Waals surface area (Å²) in [5.41, 5.74) is 2.19. The standard InChI is InChI=1S/C26H18ClN3O4/c27-20-7-3-6-19(25(20)33)26(34)28-16-9-11-17(12-10-16)30-21-13-8-15-4-1-2-5-18(15)24(21)29-22(31)14-23(30)32/h1-13,33H,14H2,(H,28,34)(H,29,31). The minimum atomic E-state index is -0.523. The van der Waals surface area contributed by atoms with Gasteiger partial charge in [0.15, 0.2) is 0 Å². The molecule has 0 fully saturated rings. The van der Waals surface area contributed by atoms with Crippen molar-refractivity contribution in [1.82, 2.24) is 0 Å². The van der Waals surface area contributed by atoms with Gasteiger partial charge in [0, 0.05) is 16.8 Å². The average molecular weight is 472 g/mol. The predicted molar refractivity (Wildman–Crippen MR) is 132 cm³/mol. The largest absolute Gasteiger partial charge is 0.506 e. The zero-order chi connectivity index (χ0) is 23.8. The molecule has 1 heterocycles. The van der Waals surface area contributed by atoms with Gasteiger partial charge in [0.05, 0.1) is 22.0 Å². The molecule has 34 heavy (non-hydrogen) atoms. The molecule has 0 saturated heterocycles. The van der Waals surface area contributed by atoms with Crippen LogP contribution in [0.25, 0.3) is 10.8 Å². The summed E-state index contributed by atoms with van der Waals surface area (Å²) in [4.78, 5) is 39.4. The van der Waals surface area contributed by atoms with E-state index in [0.717, 1.165) is 10.8 Å². The molecule has 1 aliphatic rings. The van der Waals surface area contributed by atoms with Gasteiger partial charge in [0.1, 0.15) is 12.2 Å². The number of carbonyl (C=O) groups excluding carboxylic acids is 3. The van der Waals surface area contributed by atoms with E-state index in [-0.39, 0.29) is 34.6 Å². The van der Waals surface area contributed by atoms with Crippen molar-refractivity contribution in [2.75, 3.05) is 15.5 Å². The third kappa shape index (κ3) is 3.82. The maximum absolute atomic E-state index is 13.0. The number of carbonyl (C=O) groups is 3. The molecule has 3 amide bonds. The number of phenols is 1. The number of fused-ring (bicyclic) bond motifs is 3. The number of benzene rings is 4. The number of nitrogens with zero attached hydrogens (tertiary/aromatic N) is 1. The minimum absolute atomic E-state index is 0.0460. The van der Waals surface area contributed by atoms with Gasteiger partial charge in [-0.1, -0.05) is 48.0 Å². The lowest BCUT2D eigenvalue weighted by atomic mass is 10.1. The van der Waals surface area contributed by atoms with E-state index in [1.165, 1.54) is 17.0 Å². The number of anilines is 4. The molecular weight excluding hydrogens is 454 g/mol. The van der Waals surface area contributed by atoms with E-state index < -0.39 is 5.91 Å². The van der Waals surface area contributed by atoms with Crippen LogP contribution in [0, 0.1) is 0 Å². The van der Waals surface area contributed by atoms with Gasteiger partial charge in [-0.25, -0.2) is 0 Å². The first kappa shape index (κ1) is 21.5. The summed E-state index contributed by atoms with van der Waals surface area (Å²) in [6, 6.07) is 22.5. The summed E-state index contributed by atoms with van der Waals surface area (Å²) < 4.78 is 0. The van der Waals surface area contributed by atoms with Crippen molar-refractivity contribution in [3.05, 3.63) is 89.4 Å². The van der Waals surface area contributed by atoms with Gasteiger partial charge in [-0.15, -0.1) is 0 Å². The normalized spacial score (nSPS) is 13.3. The maximum Gasteiger partial charge on any atom is 0.259 e. The lowest BCUT2D eigenvalue weighted by Crippen LogP contribution is -2.26. The Labute approximate surface area is 199 Å². The molecule has 0 saturated carbocycles. The number of halogens is 1. The van der Waals surface area contributed by atoms with Crippen LogP contribution in [0.3, 0.4) is 0 Å². The van der Waals surface area contributed by atoms with Gasteiger partial charge in [-0.2, -0.15) is 0 Å². The lowest BCUT2D eigenvalue weighted by Gasteiger charge is -2.23. The number of aromatic hydroxyl groups is 1. The van der Waals surface area contributed by atoms with Crippen molar-refractivity contribution in [2.45, 2.75) is 6.42 Å². The minimum Gasteiger partial charge on any atom is -0.506 e. The second kappa shape index (κ2) is 8.53. The van der Waals surface area contributed by atoms with Crippen LogP contribution >= 0.6 is 11.6 Å². The predicted octanol–water partition coefficient (Wildman–Crippen LogP) is 5.46. The zero-order valence-electron chi connectivity index (χ0n) is 17.7. The highest BCUT2D eigenvalue weighted by Gasteiger charge is 2.28. The van der Waals surface area contributed by atoms with Crippen molar-refractivity contribution < 1.29 is 19.5 Å². The first-order chi connectivity index (χ1) is 16.4. The Kier molecular flexibility index (Phi) is 5.39. The van der Waals surface area contributed by atoms with Crippen LogP contribution in [0.15, 0.2) is 78.9 Å². The zero-order valence-corrected chi connectivity index (χ0v) is 18.5. The summed E-state index contributed by atoms with van der Waals surface area (Å²) in [6.45, 7) is 0. The molecular formula is C26H18ClN3O4. The Morgan fingerprint density at radius 1 is 0.941 bits per heavy atom. The highest BCUT2D eigenvalue weighted by molar-refractivity contribution is 6.32. The second-order valence-electron chi connectivity index (χ2n) is 7.77. The summed E-state index contributed by atoms with van der Waals surface area (Å²) >= 11 is 5.89. The SMILES string of the molecule is O=C1CC(=O)N(c2ccc(NC(=O)c3cccc(Cl)c3O)cc2)c2ccc3ccccc3c2N1. The Bertz CT molecular complexity index is 1470. The average Bonchev–Trinajstić information content (AvgIpc) is 2.96. The molecule has 7 nitrogen and oxygen atoms in total. The van der Waals surface area contributed by atoms with Gasteiger partial charge >= 0.3 is 0 Å². The highest BCUT2D eigenvalue weighted by Crippen LogP contribution is 2.40. The van der Waals surface area contributed by atoms with Crippen LogP contribution in [0.1, 0.15) is 16.8 Å². The number of nitrogens with one attached hydrogen (secondary N) is 2. The molecule has 0 unspecified atom stereocenters. The Balaban J connectivity index is 1.49. The van der Waals surface area contributed by atoms with Crippen molar-refractivity contribution in [3.63, 3.8) is 0 Å². The molecule has 0 radical (unpaired) electrons. The smallest absolute Gasteiger partial charge is 0.259 e. The highest BCUT2D eigenvalue weighted by atomic mass is 35.5. The van der Waals surface area contributed by atoms with Crippen LogP contribution in [-0.4, -0.2) is 22.8 Å². The number of hydrogen-bond donors (Lipinski definition) is 3. The molecule has 0 spiro atoms. The topological polar surface area (TPSA) is 98.7 Å². The van der Waals surface area contributed by atoms with Crippen molar-refractivity contribution in [2.24, 2.45) is 0 Å². The van der Waals surface area contributed by atoms with E-state index >= 15 is 0 Å². The quantitative estimate of drug-likeness (QED) is 0.345. The number of amides is 3. The van der Waals surface area contributed by atoms with Crippen molar-refractivity contribution >= 4 is 62.8 Å². The Hall–Kier alpha value is -4.36. The Morgan fingerprint density at radius 3 is 2.50 bits per heavy atom. The van der Waals surface area contributed by atoms with E-state index in [9.17, 15) is 19.5 Å². The second-order valence-corrected chi connectivity index (χ2v) is 8.18. The van der Waals surface area contributed by atoms with Crippen LogP contribution in [-0.2, 0) is 9.59 Å². The molecule has 4 aromatic rings. The molecule has 4 aromatic carbocycles. The van der Waals surface area contributed by atoms with Crippen LogP contribution in [0.2, 0.25) is 5.02 Å². The Morgan fingerprint density at radius 2 is 1.71 bits per heavy atom. The van der Waals surface area contributed by atoms with E-state index in [0.29, 0.717) is 22.7 Å². The molecule has 0 bridgehead atoms. The number of rotatable bonds is 3. The molecule has 0 aromatic heterocycles. The summed E-state index contributed by atoms with van der Waals surface area (Å²) in [6.07, 6.45) is -0.296. The van der Waals surface area contributed by atoms with E-state index in [1.54, 1.807) is 36.4 Å². The summed E-state index contributed by atoms with van der Waals surface area (Å²) in [7, 11) is 0. The fraction of sp³-hybridized carbons (Fsp3) is 0.0385. The van der Waals surface area contributed by atoms with Gasteiger partial charge in [0.2, 0.25) is 11.8 Å². The third-order valence-electron chi connectivity index (χ3n) is 5.59. The molecule has 0 aliphatic carbocycles. The van der Waals surface area contributed by atoms with Crippen LogP contribution in [0.4, 0.5) is 22.7 Å². The maximum atomic E-state index is 13.0. The number of hydrogen-bond acceptors (Lipinski definition) is 4. The monoisotopic (exact) mass is 471 g/mol. The number of phenolic OH excluding ortho intramolecular Hbond substituents is 1. The fourth-order valence-electron chi connectivity index (χ4n) is 3.99. The van der Waals surface area contributed by atoms with E-state index in [4.69, 9.17) is 11.6 Å². The van der Waals surface area contributed by atoms with Gasteiger partial charge in [-0.05, 0) is 47.9 Å². The third-order valence-corrected chi connectivity index (χ3v) is 5.89. The van der Waals surface area contributed by atoms with Crippen LogP contribution in [0.5, 0.6) is 5.75 Å². The van der Waals surface area contributed by atoms with E-state index in [1.807, 2.05) is 30.3 Å². The van der Waals surface area contributed by atoms with Crippen molar-refractivity contribution in [3.8, 4) is 5.75 Å². The molecule has 168 valence electrons. The molecule has 8 heteroatoms. The van der Waals surface area contributed by atoms with Gasteiger partial charge in [0.25, 0.3) is 5.91 Å². The fourth-order valence-corrected chi connectivity index (χ4v) is 4.16. The van der Waals surface area contributed by atoms with Crippen LogP contribution < -0.4 is 15.5 Å². The summed E-state index contributed by atoms with van der Waals surface area (Å²) in [5.74, 6) is -1.57. The van der Waals surface area contributed by atoms with Gasteiger partial charge in [-0.3, -0.25) is 19.3 Å². The lowest BCUT2D eigenvalue weighted by molar-refractivity contribution is -0.124. The van der Waals surface area contributed by atoms with E-state index in [2.05, 4.69) is 10.6 Å².